The van der Waals surface area contributed by atoms with Crippen molar-refractivity contribution >= 4 is 13.8 Å². The molecule has 332 valence electrons. The zero-order valence-corrected chi connectivity index (χ0v) is 37.1. The number of hydrogen-bond acceptors (Lipinski definition) is 8. The number of allylic oxidation sites excluding steroid dienone is 16. The van der Waals surface area contributed by atoms with E-state index in [1.807, 2.05) is 0 Å². The molecule has 0 aromatic heterocycles. The van der Waals surface area contributed by atoms with Gasteiger partial charge in [-0.1, -0.05) is 156 Å². The molecule has 0 aromatic rings. The first-order valence-electron chi connectivity index (χ1n) is 22.2. The number of carbonyl (C=O) groups excluding carboxylic acids is 1. The maximum Gasteiger partial charge on any atom is 0.472 e. The fraction of sp³-hybridized carbons (Fsp3) is 0.646. The highest BCUT2D eigenvalue weighted by Crippen LogP contribution is 2.43. The van der Waals surface area contributed by atoms with Crippen molar-refractivity contribution in [3.63, 3.8) is 0 Å². The minimum atomic E-state index is -4.54. The summed E-state index contributed by atoms with van der Waals surface area (Å²) in [5.74, 6) is -0.429. The standard InChI is InChI=1S/C48H81O9P/c1-3-5-7-9-11-13-15-17-19-20-21-22-23-24-25-27-29-31-33-35-37-39-41-54-44-47(45-56-58(52,53)55-43-46(50)42-49)57-48(51)40-38-36-34-32-30-28-26-18-16-14-12-10-8-6-4-2/h5-8,11-14,17-19,21-22,26,30,32,46-47,49-50H,3-4,9-10,15-16,20,23-25,27-29,31,33-45H2,1-2H3,(H,52,53)/b7-5-,8-6-,13-11-,14-12-,19-17-,22-21-,26-18-,32-30-. The maximum atomic E-state index is 12.6. The van der Waals surface area contributed by atoms with Gasteiger partial charge in [-0.15, -0.1) is 0 Å². The highest BCUT2D eigenvalue weighted by molar-refractivity contribution is 7.47. The zero-order chi connectivity index (χ0) is 42.5. The number of carbonyl (C=O) groups is 1. The molecule has 0 saturated heterocycles. The van der Waals surface area contributed by atoms with Crippen molar-refractivity contribution in [1.29, 1.82) is 0 Å². The second kappa shape index (κ2) is 43.9. The molecular weight excluding hydrogens is 751 g/mol. The molecule has 0 heterocycles. The van der Waals surface area contributed by atoms with E-state index < -0.39 is 45.8 Å². The number of hydrogen-bond donors (Lipinski definition) is 3. The molecule has 0 radical (unpaired) electrons. The smallest absolute Gasteiger partial charge is 0.457 e. The Labute approximate surface area is 353 Å². The van der Waals surface area contributed by atoms with E-state index in [9.17, 15) is 19.4 Å². The van der Waals surface area contributed by atoms with E-state index in [1.54, 1.807) is 0 Å². The molecule has 0 saturated carbocycles. The average molecular weight is 833 g/mol. The Hall–Kier alpha value is -2.62. The van der Waals surface area contributed by atoms with E-state index in [0.29, 0.717) is 13.0 Å². The predicted octanol–water partition coefficient (Wildman–Crippen LogP) is 12.5. The average Bonchev–Trinajstić information content (AvgIpc) is 3.21. The SMILES string of the molecule is CC/C=C\C/C=C\C/C=C\C/C=C\CCCCCCCCCCCOCC(COP(=O)(O)OCC(O)CO)OC(=O)CCCC/C=C\C/C=C\C/C=C\C/C=C\CC. The lowest BCUT2D eigenvalue weighted by atomic mass is 10.1. The molecule has 0 amide bonds. The van der Waals surface area contributed by atoms with Gasteiger partial charge in [0.05, 0.1) is 26.4 Å². The van der Waals surface area contributed by atoms with Crippen molar-refractivity contribution in [2.45, 2.75) is 167 Å². The summed E-state index contributed by atoms with van der Waals surface area (Å²) in [6.45, 7) is 3.19. The third kappa shape index (κ3) is 43.0. The monoisotopic (exact) mass is 833 g/mol. The molecule has 0 fully saturated rings. The van der Waals surface area contributed by atoms with Gasteiger partial charge in [-0.2, -0.15) is 0 Å². The molecule has 0 aliphatic heterocycles. The number of rotatable bonds is 41. The van der Waals surface area contributed by atoms with Crippen LogP contribution in [-0.4, -0.2) is 66.3 Å². The van der Waals surface area contributed by atoms with Crippen molar-refractivity contribution in [2.24, 2.45) is 0 Å². The van der Waals surface area contributed by atoms with Crippen molar-refractivity contribution in [3.05, 3.63) is 97.2 Å². The first-order chi connectivity index (χ1) is 28.3. The topological polar surface area (TPSA) is 132 Å². The molecule has 0 rings (SSSR count). The summed E-state index contributed by atoms with van der Waals surface area (Å²) >= 11 is 0. The van der Waals surface area contributed by atoms with Crippen molar-refractivity contribution < 1.29 is 43.0 Å². The summed E-state index contributed by atoms with van der Waals surface area (Å²) in [6, 6.07) is 0. The Bertz CT molecular complexity index is 1220. The Morgan fingerprint density at radius 1 is 0.534 bits per heavy atom. The zero-order valence-electron chi connectivity index (χ0n) is 36.2. The molecule has 3 N–H and O–H groups in total. The molecular formula is C48H81O9P. The van der Waals surface area contributed by atoms with Gasteiger partial charge in [-0.05, 0) is 89.9 Å². The van der Waals surface area contributed by atoms with E-state index >= 15 is 0 Å². The number of aliphatic hydroxyl groups excluding tert-OH is 2. The third-order valence-corrected chi connectivity index (χ3v) is 9.72. The van der Waals surface area contributed by atoms with Gasteiger partial charge in [-0.25, -0.2) is 4.57 Å². The molecule has 0 bridgehead atoms. The summed E-state index contributed by atoms with van der Waals surface area (Å²) in [5.41, 5.74) is 0. The lowest BCUT2D eigenvalue weighted by molar-refractivity contribution is -0.154. The van der Waals surface area contributed by atoms with Crippen LogP contribution in [0.3, 0.4) is 0 Å². The van der Waals surface area contributed by atoms with Crippen LogP contribution in [0.15, 0.2) is 97.2 Å². The van der Waals surface area contributed by atoms with Gasteiger partial charge in [0.25, 0.3) is 0 Å². The molecule has 0 spiro atoms. The summed E-state index contributed by atoms with van der Waals surface area (Å²) in [5, 5.41) is 18.4. The number of ether oxygens (including phenoxy) is 2. The third-order valence-electron chi connectivity index (χ3n) is 8.77. The fourth-order valence-electron chi connectivity index (χ4n) is 5.45. The van der Waals surface area contributed by atoms with Crippen LogP contribution in [0.2, 0.25) is 0 Å². The highest BCUT2D eigenvalue weighted by Gasteiger charge is 2.26. The van der Waals surface area contributed by atoms with Crippen LogP contribution in [-0.2, 0) is 27.9 Å². The second-order valence-electron chi connectivity index (χ2n) is 14.3. The molecule has 0 aliphatic carbocycles. The number of aliphatic hydroxyl groups is 2. The molecule has 3 atom stereocenters. The largest absolute Gasteiger partial charge is 0.472 e. The molecule has 10 heteroatoms. The van der Waals surface area contributed by atoms with Crippen molar-refractivity contribution in [2.75, 3.05) is 33.0 Å². The summed E-state index contributed by atoms with van der Waals surface area (Å²) in [7, 11) is -4.54. The molecule has 0 aliphatic rings. The maximum absolute atomic E-state index is 12.6. The Morgan fingerprint density at radius 2 is 0.931 bits per heavy atom. The van der Waals surface area contributed by atoms with Gasteiger partial charge in [0.1, 0.15) is 12.2 Å². The quantitative estimate of drug-likeness (QED) is 0.0238. The van der Waals surface area contributed by atoms with Crippen LogP contribution < -0.4 is 0 Å². The van der Waals surface area contributed by atoms with Crippen LogP contribution >= 0.6 is 7.82 Å². The Morgan fingerprint density at radius 3 is 1.40 bits per heavy atom. The van der Waals surface area contributed by atoms with Crippen LogP contribution in [0, 0.1) is 0 Å². The van der Waals surface area contributed by atoms with E-state index in [1.165, 1.54) is 38.5 Å². The van der Waals surface area contributed by atoms with Crippen molar-refractivity contribution in [3.8, 4) is 0 Å². The lowest BCUT2D eigenvalue weighted by Gasteiger charge is -2.20. The normalized spacial score (nSPS) is 14.9. The van der Waals surface area contributed by atoms with Crippen LogP contribution in [0.4, 0.5) is 0 Å². The number of phosphoric ester groups is 1. The van der Waals surface area contributed by atoms with Crippen LogP contribution in [0.1, 0.15) is 155 Å². The Balaban J connectivity index is 4.22. The van der Waals surface area contributed by atoms with E-state index in [2.05, 4.69) is 111 Å². The summed E-state index contributed by atoms with van der Waals surface area (Å²) < 4.78 is 33.3. The second-order valence-corrected chi connectivity index (χ2v) is 15.8. The predicted molar refractivity (Wildman–Crippen MR) is 242 cm³/mol. The minimum Gasteiger partial charge on any atom is -0.457 e. The summed E-state index contributed by atoms with van der Waals surface area (Å²) in [4.78, 5) is 22.6. The van der Waals surface area contributed by atoms with Gasteiger partial charge < -0.3 is 24.6 Å². The molecule has 0 aromatic carbocycles. The lowest BCUT2D eigenvalue weighted by Crippen LogP contribution is -2.29. The fourth-order valence-corrected chi connectivity index (χ4v) is 6.24. The first kappa shape index (κ1) is 55.4. The molecule has 3 unspecified atom stereocenters. The van der Waals surface area contributed by atoms with Crippen LogP contribution in [0.25, 0.3) is 0 Å². The van der Waals surface area contributed by atoms with Gasteiger partial charge >= 0.3 is 13.8 Å². The summed E-state index contributed by atoms with van der Waals surface area (Å²) in [6.07, 6.45) is 55.1. The van der Waals surface area contributed by atoms with E-state index in [4.69, 9.17) is 23.6 Å². The minimum absolute atomic E-state index is 0.0217. The number of unbranched alkanes of at least 4 members (excludes halogenated alkanes) is 11. The molecule has 9 nitrogen and oxygen atoms in total. The highest BCUT2D eigenvalue weighted by atomic mass is 31.2. The van der Waals surface area contributed by atoms with Crippen molar-refractivity contribution in [1.82, 2.24) is 0 Å². The number of phosphoric acid groups is 1. The first-order valence-corrected chi connectivity index (χ1v) is 23.7. The van der Waals surface area contributed by atoms with E-state index in [-0.39, 0.29) is 13.0 Å². The molecule has 58 heavy (non-hydrogen) atoms. The number of esters is 1. The van der Waals surface area contributed by atoms with Gasteiger partial charge in [0.2, 0.25) is 0 Å². The van der Waals surface area contributed by atoms with Gasteiger partial charge in [-0.3, -0.25) is 13.8 Å². The Kier molecular flexibility index (Phi) is 42.0. The van der Waals surface area contributed by atoms with Gasteiger partial charge in [0.15, 0.2) is 0 Å². The van der Waals surface area contributed by atoms with E-state index in [0.717, 1.165) is 89.9 Å². The van der Waals surface area contributed by atoms with Crippen LogP contribution in [0.5, 0.6) is 0 Å². The van der Waals surface area contributed by atoms with Gasteiger partial charge in [0, 0.05) is 13.0 Å².